The second-order valence-corrected chi connectivity index (χ2v) is 27.1. The van der Waals surface area contributed by atoms with Crippen LogP contribution in [0.4, 0.5) is 0 Å². The number of unbranched alkanes of at least 4 members (excludes halogenated alkanes) is 47. The van der Waals surface area contributed by atoms with Crippen molar-refractivity contribution in [3.63, 3.8) is 0 Å². The second kappa shape index (κ2) is 60.8. The predicted octanol–water partition coefficient (Wildman–Crippen LogP) is 16.5. The van der Waals surface area contributed by atoms with E-state index in [1.165, 1.54) is 276 Å². The molecule has 2 heterocycles. The van der Waals surface area contributed by atoms with Gasteiger partial charge in [-0.15, -0.1) is 0 Å². The lowest BCUT2D eigenvalue weighted by Gasteiger charge is -2.46. The first-order chi connectivity index (χ1) is 44.1. The van der Waals surface area contributed by atoms with Gasteiger partial charge in [-0.1, -0.05) is 326 Å². The number of amides is 1. The molecule has 0 bridgehead atoms. The van der Waals surface area contributed by atoms with Crippen molar-refractivity contribution in [3.8, 4) is 0 Å². The van der Waals surface area contributed by atoms with Crippen molar-refractivity contribution in [1.29, 1.82) is 0 Å². The molecule has 1 amide bonds. The van der Waals surface area contributed by atoms with Crippen LogP contribution in [0.5, 0.6) is 0 Å². The van der Waals surface area contributed by atoms with Crippen LogP contribution in [0, 0.1) is 0 Å². The van der Waals surface area contributed by atoms with E-state index in [9.17, 15) is 45.6 Å². The molecule has 530 valence electrons. The van der Waals surface area contributed by atoms with Gasteiger partial charge in [-0.3, -0.25) is 4.79 Å². The summed E-state index contributed by atoms with van der Waals surface area (Å²) in [7, 11) is 0. The fourth-order valence-corrected chi connectivity index (χ4v) is 12.7. The Morgan fingerprint density at radius 2 is 0.733 bits per heavy atom. The van der Waals surface area contributed by atoms with Crippen molar-refractivity contribution in [2.45, 2.75) is 421 Å². The third-order valence-electron chi connectivity index (χ3n) is 18.8. The van der Waals surface area contributed by atoms with Crippen LogP contribution in [-0.2, 0) is 23.7 Å². The molecule has 0 spiro atoms. The minimum atomic E-state index is -1.79. The molecule has 9 N–H and O–H groups in total. The average molecular weight is 1280 g/mol. The van der Waals surface area contributed by atoms with Gasteiger partial charge in [0.2, 0.25) is 5.91 Å². The highest BCUT2D eigenvalue weighted by atomic mass is 16.7. The Hall–Kier alpha value is -1.79. The van der Waals surface area contributed by atoms with E-state index < -0.39 is 86.8 Å². The second-order valence-electron chi connectivity index (χ2n) is 27.1. The van der Waals surface area contributed by atoms with Crippen molar-refractivity contribution < 1.29 is 64.6 Å². The summed E-state index contributed by atoms with van der Waals surface area (Å²) in [6, 6.07) is -0.912. The number of aliphatic hydroxyl groups is 8. The Bertz CT molecular complexity index is 1650. The molecule has 2 fully saturated rings. The van der Waals surface area contributed by atoms with Crippen molar-refractivity contribution in [3.05, 3.63) is 36.5 Å². The maximum atomic E-state index is 13.3. The van der Waals surface area contributed by atoms with Crippen LogP contribution in [0.1, 0.15) is 348 Å². The Morgan fingerprint density at radius 1 is 0.400 bits per heavy atom. The highest BCUT2D eigenvalue weighted by molar-refractivity contribution is 5.76. The van der Waals surface area contributed by atoms with E-state index in [1.54, 1.807) is 6.08 Å². The maximum absolute atomic E-state index is 13.3. The SMILES string of the molecule is CCCCCCC/C=C\C/C=C\CCCCCCCCCCCCCCCCCCCCCCCCCCCCCCCC(=O)NC(COC1OC(CO)C(OC2OC(CO)C(O)C(O)C2O)C(O)C1O)C(O)/C=C/CCCCCCCCCCCCCCC. The molecule has 14 heteroatoms. The molecule has 0 aromatic rings. The molecule has 0 radical (unpaired) electrons. The molecule has 2 aliphatic heterocycles. The molecule has 12 atom stereocenters. The minimum absolute atomic E-state index is 0.232. The third kappa shape index (κ3) is 44.0. The normalized spacial score (nSPS) is 23.0. The van der Waals surface area contributed by atoms with Crippen LogP contribution in [0.2, 0.25) is 0 Å². The third-order valence-corrected chi connectivity index (χ3v) is 18.8. The van der Waals surface area contributed by atoms with Crippen LogP contribution in [-0.4, -0.2) is 140 Å². The smallest absolute Gasteiger partial charge is 0.220 e. The van der Waals surface area contributed by atoms with Crippen molar-refractivity contribution in [2.75, 3.05) is 19.8 Å². The Kier molecular flexibility index (Phi) is 57.0. The first-order valence-electron chi connectivity index (χ1n) is 38.2. The van der Waals surface area contributed by atoms with Gasteiger partial charge >= 0.3 is 0 Å². The summed E-state index contributed by atoms with van der Waals surface area (Å²) >= 11 is 0. The summed E-state index contributed by atoms with van der Waals surface area (Å²) in [6.07, 6.45) is 62.4. The molecular formula is C76H143NO13. The van der Waals surface area contributed by atoms with E-state index in [0.29, 0.717) is 6.42 Å². The summed E-state index contributed by atoms with van der Waals surface area (Å²) in [5, 5.41) is 87.4. The van der Waals surface area contributed by atoms with Gasteiger partial charge in [-0.25, -0.2) is 0 Å². The first kappa shape index (κ1) is 84.3. The number of nitrogens with one attached hydrogen (secondary N) is 1. The fourth-order valence-electron chi connectivity index (χ4n) is 12.7. The number of carbonyl (C=O) groups is 1. The molecule has 0 aromatic heterocycles. The van der Waals surface area contributed by atoms with E-state index >= 15 is 0 Å². The zero-order valence-electron chi connectivity index (χ0n) is 57.9. The van der Waals surface area contributed by atoms with E-state index in [1.807, 2.05) is 6.08 Å². The minimum Gasteiger partial charge on any atom is -0.394 e. The van der Waals surface area contributed by atoms with Gasteiger partial charge in [0.25, 0.3) is 0 Å². The predicted molar refractivity (Wildman–Crippen MR) is 369 cm³/mol. The molecule has 2 saturated heterocycles. The van der Waals surface area contributed by atoms with Crippen molar-refractivity contribution >= 4 is 5.91 Å². The molecule has 0 aromatic carbocycles. The van der Waals surface area contributed by atoms with E-state index in [0.717, 1.165) is 44.9 Å². The summed E-state index contributed by atoms with van der Waals surface area (Å²) in [4.78, 5) is 13.3. The van der Waals surface area contributed by atoms with Crippen molar-refractivity contribution in [2.24, 2.45) is 0 Å². The lowest BCUT2D eigenvalue weighted by atomic mass is 9.97. The topological polar surface area (TPSA) is 228 Å². The van der Waals surface area contributed by atoms with Crippen LogP contribution >= 0.6 is 0 Å². The highest BCUT2D eigenvalue weighted by Crippen LogP contribution is 2.30. The molecule has 90 heavy (non-hydrogen) atoms. The Balaban J connectivity index is 1.53. The number of ether oxygens (including phenoxy) is 4. The Morgan fingerprint density at radius 3 is 1.11 bits per heavy atom. The molecule has 0 aliphatic carbocycles. The number of hydrogen-bond acceptors (Lipinski definition) is 13. The molecule has 2 aliphatic rings. The lowest BCUT2D eigenvalue weighted by molar-refractivity contribution is -0.359. The van der Waals surface area contributed by atoms with Crippen molar-refractivity contribution in [1.82, 2.24) is 5.32 Å². The van der Waals surface area contributed by atoms with Gasteiger partial charge in [-0.05, 0) is 51.4 Å². The van der Waals surface area contributed by atoms with Gasteiger partial charge < -0.3 is 65.1 Å². The number of hydrogen-bond donors (Lipinski definition) is 9. The lowest BCUT2D eigenvalue weighted by Crippen LogP contribution is -2.65. The fraction of sp³-hybridized carbons (Fsp3) is 0.908. The van der Waals surface area contributed by atoms with Crippen LogP contribution < -0.4 is 5.32 Å². The molecule has 2 rings (SSSR count). The van der Waals surface area contributed by atoms with Gasteiger partial charge in [0, 0.05) is 6.42 Å². The molecular weight excluding hydrogens is 1130 g/mol. The number of carbonyl (C=O) groups excluding carboxylic acids is 1. The number of allylic oxidation sites excluding steroid dienone is 5. The molecule has 0 saturated carbocycles. The zero-order valence-corrected chi connectivity index (χ0v) is 57.9. The largest absolute Gasteiger partial charge is 0.394 e. The maximum Gasteiger partial charge on any atom is 0.220 e. The zero-order chi connectivity index (χ0) is 65.2. The highest BCUT2D eigenvalue weighted by Gasteiger charge is 2.51. The first-order valence-corrected chi connectivity index (χ1v) is 38.2. The monoisotopic (exact) mass is 1280 g/mol. The summed E-state index contributed by atoms with van der Waals surface area (Å²) in [6.45, 7) is 2.83. The van der Waals surface area contributed by atoms with Gasteiger partial charge in [0.15, 0.2) is 12.6 Å². The van der Waals surface area contributed by atoms with E-state index in [2.05, 4.69) is 43.5 Å². The van der Waals surface area contributed by atoms with Gasteiger partial charge in [0.1, 0.15) is 48.8 Å². The summed E-state index contributed by atoms with van der Waals surface area (Å²) in [5.74, 6) is -0.232. The molecule has 14 nitrogen and oxygen atoms in total. The van der Waals surface area contributed by atoms with Gasteiger partial charge in [-0.2, -0.15) is 0 Å². The van der Waals surface area contributed by atoms with E-state index in [-0.39, 0.29) is 18.9 Å². The van der Waals surface area contributed by atoms with Crippen LogP contribution in [0.15, 0.2) is 36.5 Å². The summed E-state index contributed by atoms with van der Waals surface area (Å²) < 4.78 is 22.8. The van der Waals surface area contributed by atoms with Crippen LogP contribution in [0.3, 0.4) is 0 Å². The average Bonchev–Trinajstić information content (AvgIpc) is 1.58. The van der Waals surface area contributed by atoms with E-state index in [4.69, 9.17) is 18.9 Å². The number of aliphatic hydroxyl groups excluding tert-OH is 8. The summed E-state index contributed by atoms with van der Waals surface area (Å²) in [5.41, 5.74) is 0. The Labute approximate surface area is 551 Å². The quantitative estimate of drug-likeness (QED) is 0.0204. The number of rotatable bonds is 64. The van der Waals surface area contributed by atoms with Gasteiger partial charge in [0.05, 0.1) is 32.0 Å². The standard InChI is InChI=1S/C76H143NO13/c1-3-5-7-9-11-13-15-17-19-20-21-22-23-24-25-26-27-28-29-30-31-32-33-34-35-36-37-38-39-40-41-42-43-44-46-48-50-52-54-56-58-60-68(81)77-64(65(80)59-57-55-53-51-49-47-45-18-16-14-12-10-8-6-4-2)63-87-75-73(86)71(84)74(67(62-79)89-75)90-76-72(85)70(83)69(82)66(61-78)88-76/h15,17,20-21,57,59,64-67,69-76,78-80,82-86H,3-14,16,18-19,22-56,58,60-63H2,1-2H3,(H,77,81)/b17-15-,21-20-,59-57+. The van der Waals surface area contributed by atoms with Crippen LogP contribution in [0.25, 0.3) is 0 Å². The molecule has 12 unspecified atom stereocenters.